The fourth-order valence-corrected chi connectivity index (χ4v) is 5.14. The molecular weight excluding hydrogens is 410 g/mol. The largest absolute Gasteiger partial charge is 0.456 e. The minimum atomic E-state index is -0.310. The first-order chi connectivity index (χ1) is 15.5. The number of carbonyl (C=O) groups is 2. The van der Waals surface area contributed by atoms with Crippen LogP contribution in [0.5, 0.6) is 0 Å². The number of nitrogens with one attached hydrogen (secondary N) is 1. The summed E-state index contributed by atoms with van der Waals surface area (Å²) in [6, 6.07) is 4.38. The molecule has 2 aliphatic heterocycles. The second kappa shape index (κ2) is 8.09. The number of esters is 1. The number of likely N-dealkylation sites (tertiary alicyclic amines) is 1. The minimum Gasteiger partial charge on any atom is -0.456 e. The number of rotatable bonds is 5. The Hall–Kier alpha value is -3.14. The van der Waals surface area contributed by atoms with Crippen LogP contribution in [-0.2, 0) is 14.3 Å². The van der Waals surface area contributed by atoms with Crippen LogP contribution in [0.1, 0.15) is 57.7 Å². The van der Waals surface area contributed by atoms with Crippen LogP contribution in [0.2, 0.25) is 0 Å². The average Bonchev–Trinajstić information content (AvgIpc) is 3.53. The van der Waals surface area contributed by atoms with Gasteiger partial charge in [-0.3, -0.25) is 9.78 Å². The maximum absolute atomic E-state index is 13.3. The van der Waals surface area contributed by atoms with Crippen LogP contribution >= 0.6 is 0 Å². The van der Waals surface area contributed by atoms with Gasteiger partial charge >= 0.3 is 5.97 Å². The van der Waals surface area contributed by atoms with Gasteiger partial charge in [0.25, 0.3) is 0 Å². The Morgan fingerprint density at radius 3 is 2.66 bits per heavy atom. The van der Waals surface area contributed by atoms with E-state index in [0.717, 1.165) is 49.2 Å². The zero-order valence-electron chi connectivity index (χ0n) is 18.3. The minimum absolute atomic E-state index is 0.0993. The molecule has 168 valence electrons. The van der Waals surface area contributed by atoms with Crippen LogP contribution in [0.3, 0.4) is 0 Å². The van der Waals surface area contributed by atoms with Gasteiger partial charge < -0.3 is 15.0 Å². The topological polar surface area (TPSA) is 115 Å². The Kier molecular flexibility index (Phi) is 5.24. The molecule has 1 atom stereocenters. The van der Waals surface area contributed by atoms with Crippen molar-refractivity contribution in [3.63, 3.8) is 0 Å². The summed E-state index contributed by atoms with van der Waals surface area (Å²) in [5.41, 5.74) is 2.79. The monoisotopic (exact) mass is 437 g/mol. The number of amides is 1. The molecule has 1 saturated carbocycles. The lowest BCUT2D eigenvalue weighted by Crippen LogP contribution is -2.42. The van der Waals surface area contributed by atoms with Crippen molar-refractivity contribution in [2.75, 3.05) is 13.2 Å². The lowest BCUT2D eigenvalue weighted by Gasteiger charge is -2.37. The number of tetrazole rings is 1. The van der Waals surface area contributed by atoms with E-state index in [0.29, 0.717) is 18.2 Å². The molecule has 4 heterocycles. The third-order valence-electron chi connectivity index (χ3n) is 7.17. The Morgan fingerprint density at radius 2 is 2.03 bits per heavy atom. The highest BCUT2D eigenvalue weighted by atomic mass is 16.5. The van der Waals surface area contributed by atoms with E-state index in [-0.39, 0.29) is 29.9 Å². The van der Waals surface area contributed by atoms with Gasteiger partial charge in [0.1, 0.15) is 12.9 Å². The van der Waals surface area contributed by atoms with E-state index >= 15 is 0 Å². The average molecular weight is 438 g/mol. The van der Waals surface area contributed by atoms with Gasteiger partial charge in [-0.05, 0) is 68.5 Å². The molecule has 1 amide bonds. The van der Waals surface area contributed by atoms with E-state index in [1.165, 1.54) is 6.33 Å². The van der Waals surface area contributed by atoms with Crippen LogP contribution in [0.15, 0.2) is 35.9 Å². The van der Waals surface area contributed by atoms with Crippen LogP contribution in [-0.4, -0.2) is 61.2 Å². The molecule has 5 rings (SSSR count). The molecule has 0 bridgehead atoms. The number of carbonyl (C=O) groups excluding carboxylic acids is 2. The first kappa shape index (κ1) is 20.7. The van der Waals surface area contributed by atoms with Crippen molar-refractivity contribution in [2.45, 2.75) is 58.0 Å². The van der Waals surface area contributed by atoms with Crippen molar-refractivity contribution in [3.8, 4) is 5.69 Å². The Labute approximate surface area is 186 Å². The highest BCUT2D eigenvalue weighted by molar-refractivity contribution is 5.94. The number of cyclic esters (lactones) is 1. The molecule has 32 heavy (non-hydrogen) atoms. The number of aromatic nitrogens is 5. The van der Waals surface area contributed by atoms with Gasteiger partial charge in [0.2, 0.25) is 5.91 Å². The third kappa shape index (κ3) is 3.58. The number of hydrogen-bond donors (Lipinski definition) is 1. The van der Waals surface area contributed by atoms with Crippen molar-refractivity contribution in [3.05, 3.63) is 41.6 Å². The quantitative estimate of drug-likeness (QED) is 0.703. The van der Waals surface area contributed by atoms with Crippen LogP contribution in [0.25, 0.3) is 5.69 Å². The molecule has 1 saturated heterocycles. The summed E-state index contributed by atoms with van der Waals surface area (Å²) in [5.74, 6) is -0.147. The summed E-state index contributed by atoms with van der Waals surface area (Å²) >= 11 is 0. The smallest absolute Gasteiger partial charge is 0.336 e. The number of ether oxygens (including phenoxy) is 1. The molecule has 1 aliphatic carbocycles. The predicted molar refractivity (Wildman–Crippen MR) is 113 cm³/mol. The van der Waals surface area contributed by atoms with Crippen molar-refractivity contribution in [1.82, 2.24) is 35.4 Å². The lowest BCUT2D eigenvalue weighted by molar-refractivity contribution is -0.138. The second-order valence-corrected chi connectivity index (χ2v) is 8.99. The Bertz CT molecular complexity index is 1040. The predicted octanol–water partition coefficient (Wildman–Crippen LogP) is 1.70. The Morgan fingerprint density at radius 1 is 1.22 bits per heavy atom. The molecule has 0 aromatic carbocycles. The van der Waals surface area contributed by atoms with Crippen molar-refractivity contribution >= 4 is 11.9 Å². The standard InChI is InChI=1S/C22H27N7O3/c1-14-19(12-32-20(14)30)28-10-9-22(21(28)31)7-5-16(6-8-22)25-15(2)18-4-3-17(11-23-18)29-13-24-26-27-29/h3-4,11,13,15-16,25H,5-10,12H2,1-2H3/t15-,16?,22?/m0/s1. The highest BCUT2D eigenvalue weighted by Gasteiger charge is 2.50. The fraction of sp³-hybridized carbons (Fsp3) is 0.545. The summed E-state index contributed by atoms with van der Waals surface area (Å²) in [7, 11) is 0. The van der Waals surface area contributed by atoms with E-state index < -0.39 is 0 Å². The molecule has 0 unspecified atom stereocenters. The molecule has 2 aromatic rings. The zero-order chi connectivity index (χ0) is 22.3. The normalized spacial score (nSPS) is 26.8. The van der Waals surface area contributed by atoms with Gasteiger partial charge in [-0.15, -0.1) is 5.10 Å². The summed E-state index contributed by atoms with van der Waals surface area (Å²) in [5, 5.41) is 14.8. The van der Waals surface area contributed by atoms with E-state index in [2.05, 4.69) is 32.7 Å². The first-order valence-electron chi connectivity index (χ1n) is 11.1. The summed E-state index contributed by atoms with van der Waals surface area (Å²) in [6.07, 6.45) is 7.76. The van der Waals surface area contributed by atoms with E-state index in [1.54, 1.807) is 22.7 Å². The molecule has 3 aliphatic rings. The van der Waals surface area contributed by atoms with Gasteiger partial charge in [0.05, 0.1) is 34.3 Å². The number of nitrogens with zero attached hydrogens (tertiary/aromatic N) is 6. The molecule has 2 aromatic heterocycles. The zero-order valence-corrected chi connectivity index (χ0v) is 18.3. The summed E-state index contributed by atoms with van der Waals surface area (Å²) in [4.78, 5) is 31.4. The molecule has 10 heteroatoms. The second-order valence-electron chi connectivity index (χ2n) is 8.99. The van der Waals surface area contributed by atoms with Gasteiger partial charge in [0, 0.05) is 18.6 Å². The molecule has 10 nitrogen and oxygen atoms in total. The third-order valence-corrected chi connectivity index (χ3v) is 7.17. The number of pyridine rings is 1. The van der Waals surface area contributed by atoms with E-state index in [1.807, 2.05) is 12.1 Å². The summed E-state index contributed by atoms with van der Waals surface area (Å²) < 4.78 is 6.68. The van der Waals surface area contributed by atoms with E-state index in [4.69, 9.17) is 4.74 Å². The maximum Gasteiger partial charge on any atom is 0.336 e. The van der Waals surface area contributed by atoms with Gasteiger partial charge in [-0.1, -0.05) is 0 Å². The van der Waals surface area contributed by atoms with Gasteiger partial charge in [0.15, 0.2) is 0 Å². The Balaban J connectivity index is 1.18. The van der Waals surface area contributed by atoms with Crippen LogP contribution in [0, 0.1) is 5.41 Å². The summed E-state index contributed by atoms with van der Waals surface area (Å²) in [6.45, 7) is 4.74. The number of hydrogen-bond acceptors (Lipinski definition) is 8. The maximum atomic E-state index is 13.3. The van der Waals surface area contributed by atoms with Crippen molar-refractivity contribution in [2.24, 2.45) is 5.41 Å². The fourth-order valence-electron chi connectivity index (χ4n) is 5.14. The van der Waals surface area contributed by atoms with Crippen LogP contribution in [0.4, 0.5) is 0 Å². The van der Waals surface area contributed by atoms with E-state index in [9.17, 15) is 9.59 Å². The lowest BCUT2D eigenvalue weighted by atomic mass is 9.71. The molecule has 0 radical (unpaired) electrons. The molecule has 2 fully saturated rings. The van der Waals surface area contributed by atoms with Crippen LogP contribution < -0.4 is 5.32 Å². The van der Waals surface area contributed by atoms with Crippen molar-refractivity contribution in [1.29, 1.82) is 0 Å². The first-order valence-corrected chi connectivity index (χ1v) is 11.1. The van der Waals surface area contributed by atoms with Gasteiger partial charge in [-0.2, -0.15) is 4.68 Å². The highest BCUT2D eigenvalue weighted by Crippen LogP contribution is 2.46. The molecule has 1 spiro atoms. The molecular formula is C22H27N7O3. The van der Waals surface area contributed by atoms with Gasteiger partial charge in [-0.25, -0.2) is 4.79 Å². The SMILES string of the molecule is CC1=C(N2CCC3(CCC(N[C@@H](C)c4ccc(-n5cnnn5)cn4)CC3)C2=O)COC1=O. The van der Waals surface area contributed by atoms with Crippen molar-refractivity contribution < 1.29 is 14.3 Å². The molecule has 1 N–H and O–H groups in total.